The number of hydrogen-bond acceptors (Lipinski definition) is 5. The second-order valence-corrected chi connectivity index (χ2v) is 9.45. The number of rotatable bonds is 20. The summed E-state index contributed by atoms with van der Waals surface area (Å²) in [6.07, 6.45) is 19.1. The van der Waals surface area contributed by atoms with Crippen LogP contribution in [0.1, 0.15) is 116 Å². The maximum absolute atomic E-state index is 11.7. The van der Waals surface area contributed by atoms with Crippen molar-refractivity contribution in [3.63, 3.8) is 0 Å². The van der Waals surface area contributed by atoms with E-state index in [4.69, 9.17) is 5.73 Å². The predicted octanol–water partition coefficient (Wildman–Crippen LogP) is 2.08. The molecular formula is C21H42NNaO4S. The molecule has 162 valence electrons. The Hall–Kier alpha value is 0.540. The fourth-order valence-corrected chi connectivity index (χ4v) is 3.98. The van der Waals surface area contributed by atoms with Crippen LogP contribution in [-0.2, 0) is 14.9 Å². The standard InChI is InChI=1S/C21H43NO4S.Na/c1-2-3-4-5-6-7-8-9-10-11-12-13-14-15-16-17-20(23)18-21(19-22)27(24,25)26;/h21H,2-19,22H2,1H3,(H,24,25,26);/q;+1/p-1. The van der Waals surface area contributed by atoms with E-state index >= 15 is 0 Å². The van der Waals surface area contributed by atoms with Gasteiger partial charge in [-0.15, -0.1) is 0 Å². The Morgan fingerprint density at radius 3 is 1.46 bits per heavy atom. The molecular weight excluding hydrogens is 385 g/mol. The van der Waals surface area contributed by atoms with Crippen molar-refractivity contribution in [2.45, 2.75) is 121 Å². The van der Waals surface area contributed by atoms with Gasteiger partial charge < -0.3 is 10.3 Å². The molecule has 0 radical (unpaired) electrons. The van der Waals surface area contributed by atoms with Gasteiger partial charge in [0, 0.05) is 19.4 Å². The van der Waals surface area contributed by atoms with E-state index in [9.17, 15) is 17.8 Å². The molecule has 2 N–H and O–H groups in total. The first-order chi connectivity index (χ1) is 12.9. The summed E-state index contributed by atoms with van der Waals surface area (Å²) in [7, 11) is -4.47. The van der Waals surface area contributed by atoms with Gasteiger partial charge in [0.2, 0.25) is 0 Å². The van der Waals surface area contributed by atoms with Gasteiger partial charge in [0.1, 0.15) is 5.78 Å². The summed E-state index contributed by atoms with van der Waals surface area (Å²) >= 11 is 0. The molecule has 5 nitrogen and oxygen atoms in total. The molecule has 0 aromatic rings. The molecule has 28 heavy (non-hydrogen) atoms. The zero-order chi connectivity index (χ0) is 20.4. The van der Waals surface area contributed by atoms with Crippen LogP contribution in [0.15, 0.2) is 0 Å². The average molecular weight is 428 g/mol. The molecule has 0 saturated carbocycles. The monoisotopic (exact) mass is 427 g/mol. The predicted molar refractivity (Wildman–Crippen MR) is 112 cm³/mol. The van der Waals surface area contributed by atoms with Crippen LogP contribution in [0.4, 0.5) is 0 Å². The van der Waals surface area contributed by atoms with Crippen LogP contribution in [0.3, 0.4) is 0 Å². The minimum Gasteiger partial charge on any atom is -0.748 e. The van der Waals surface area contributed by atoms with Gasteiger partial charge in [0.05, 0.1) is 15.4 Å². The van der Waals surface area contributed by atoms with Gasteiger partial charge in [-0.1, -0.05) is 96.8 Å². The van der Waals surface area contributed by atoms with Gasteiger partial charge in [-0.05, 0) is 6.42 Å². The number of carbonyl (C=O) groups is 1. The number of unbranched alkanes of at least 4 members (excludes halogenated alkanes) is 14. The summed E-state index contributed by atoms with van der Waals surface area (Å²) < 4.78 is 32.8. The van der Waals surface area contributed by atoms with Crippen molar-refractivity contribution in [3.05, 3.63) is 0 Å². The van der Waals surface area contributed by atoms with Crippen LogP contribution < -0.4 is 35.3 Å². The minimum absolute atomic E-state index is 0. The Morgan fingerprint density at radius 2 is 1.14 bits per heavy atom. The van der Waals surface area contributed by atoms with Crippen molar-refractivity contribution in [2.75, 3.05) is 6.54 Å². The fourth-order valence-electron chi connectivity index (χ4n) is 3.35. The van der Waals surface area contributed by atoms with Crippen LogP contribution in [0.2, 0.25) is 0 Å². The van der Waals surface area contributed by atoms with Gasteiger partial charge in [-0.2, -0.15) is 0 Å². The second kappa shape index (κ2) is 20.8. The Morgan fingerprint density at radius 1 is 0.786 bits per heavy atom. The molecule has 0 heterocycles. The molecule has 0 fully saturated rings. The van der Waals surface area contributed by atoms with Crippen LogP contribution in [0, 0.1) is 0 Å². The first kappa shape index (κ1) is 30.7. The SMILES string of the molecule is CCCCCCCCCCCCCCCCCC(=O)CC(CN)S(=O)(=O)[O-].[Na+]. The van der Waals surface area contributed by atoms with Crippen molar-refractivity contribution in [1.29, 1.82) is 0 Å². The van der Waals surface area contributed by atoms with E-state index in [1.165, 1.54) is 77.0 Å². The van der Waals surface area contributed by atoms with Crippen LogP contribution in [-0.4, -0.2) is 30.5 Å². The molecule has 7 heteroatoms. The first-order valence-electron chi connectivity index (χ1n) is 11.1. The van der Waals surface area contributed by atoms with Gasteiger partial charge in [0.15, 0.2) is 0 Å². The summed E-state index contributed by atoms with van der Waals surface area (Å²) in [5, 5.41) is -1.26. The largest absolute Gasteiger partial charge is 1.00 e. The second-order valence-electron chi connectivity index (χ2n) is 7.79. The van der Waals surface area contributed by atoms with Crippen molar-refractivity contribution in [1.82, 2.24) is 0 Å². The van der Waals surface area contributed by atoms with Crippen LogP contribution in [0.25, 0.3) is 0 Å². The molecule has 0 aliphatic rings. The Balaban J connectivity index is 0. The summed E-state index contributed by atoms with van der Waals surface area (Å²) in [5.74, 6) is -0.167. The summed E-state index contributed by atoms with van der Waals surface area (Å²) in [6.45, 7) is 1.97. The molecule has 0 rings (SSSR count). The number of Topliss-reactive ketones (excluding diaryl/α,β-unsaturated/α-hetero) is 1. The van der Waals surface area contributed by atoms with E-state index < -0.39 is 15.4 Å². The smallest absolute Gasteiger partial charge is 0.748 e. The van der Waals surface area contributed by atoms with Crippen LogP contribution in [0.5, 0.6) is 0 Å². The summed E-state index contributed by atoms with van der Waals surface area (Å²) in [5.41, 5.74) is 5.26. The normalized spacial score (nSPS) is 12.5. The third-order valence-corrected chi connectivity index (χ3v) is 6.36. The topological polar surface area (TPSA) is 100 Å². The maximum Gasteiger partial charge on any atom is 1.00 e. The van der Waals surface area contributed by atoms with Crippen molar-refractivity contribution in [2.24, 2.45) is 5.73 Å². The van der Waals surface area contributed by atoms with Crippen molar-refractivity contribution >= 4 is 15.9 Å². The van der Waals surface area contributed by atoms with Gasteiger partial charge in [0.25, 0.3) is 0 Å². The van der Waals surface area contributed by atoms with Crippen molar-refractivity contribution in [3.8, 4) is 0 Å². The zero-order valence-electron chi connectivity index (χ0n) is 18.4. The fraction of sp³-hybridized carbons (Fsp3) is 0.952. The van der Waals surface area contributed by atoms with E-state index in [1.807, 2.05) is 0 Å². The third-order valence-electron chi connectivity index (χ3n) is 5.19. The van der Waals surface area contributed by atoms with E-state index in [1.54, 1.807) is 0 Å². The average Bonchev–Trinajstić information content (AvgIpc) is 2.62. The first-order valence-corrected chi connectivity index (χ1v) is 12.6. The molecule has 1 atom stereocenters. The molecule has 0 aliphatic carbocycles. The molecule has 0 aromatic carbocycles. The Labute approximate surface area is 196 Å². The van der Waals surface area contributed by atoms with E-state index in [0.717, 1.165) is 19.3 Å². The number of nitrogens with two attached hydrogens (primary N) is 1. The van der Waals surface area contributed by atoms with Crippen LogP contribution >= 0.6 is 0 Å². The van der Waals surface area contributed by atoms with E-state index in [-0.39, 0.29) is 48.3 Å². The minimum atomic E-state index is -4.47. The molecule has 0 spiro atoms. The van der Waals surface area contributed by atoms with E-state index in [2.05, 4.69) is 6.92 Å². The van der Waals surface area contributed by atoms with Gasteiger partial charge >= 0.3 is 29.6 Å². The third kappa shape index (κ3) is 19.8. The van der Waals surface area contributed by atoms with Gasteiger partial charge in [-0.25, -0.2) is 8.42 Å². The molecule has 0 aliphatic heterocycles. The molecule has 0 aromatic heterocycles. The zero-order valence-corrected chi connectivity index (χ0v) is 21.2. The molecule has 0 amide bonds. The van der Waals surface area contributed by atoms with Crippen molar-refractivity contribution < 1.29 is 47.3 Å². The Bertz CT molecular complexity index is 457. The molecule has 0 saturated heterocycles. The van der Waals surface area contributed by atoms with E-state index in [0.29, 0.717) is 6.42 Å². The number of hydrogen-bond donors (Lipinski definition) is 1. The molecule has 0 bridgehead atoms. The number of ketones is 1. The summed E-state index contributed by atoms with van der Waals surface area (Å²) in [6, 6.07) is 0. The summed E-state index contributed by atoms with van der Waals surface area (Å²) in [4.78, 5) is 11.7. The molecule has 1 unspecified atom stereocenters. The maximum atomic E-state index is 11.7. The van der Waals surface area contributed by atoms with Gasteiger partial charge in [-0.3, -0.25) is 4.79 Å². The number of carbonyl (C=O) groups excluding carboxylic acids is 1. The quantitative estimate of drug-likeness (QED) is 0.182. The Kier molecular flexibility index (Phi) is 22.8.